The van der Waals surface area contributed by atoms with Crippen LogP contribution in [0.1, 0.15) is 10.4 Å². The van der Waals surface area contributed by atoms with Crippen molar-refractivity contribution >= 4 is 50.7 Å². The first-order chi connectivity index (χ1) is 8.99. The van der Waals surface area contributed by atoms with Crippen LogP contribution in [0.3, 0.4) is 0 Å². The summed E-state index contributed by atoms with van der Waals surface area (Å²) >= 11 is 15.0. The third-order valence-electron chi connectivity index (χ3n) is 2.37. The lowest BCUT2D eigenvalue weighted by atomic mass is 10.2. The molecule has 0 fully saturated rings. The van der Waals surface area contributed by atoms with E-state index in [1.807, 2.05) is 0 Å². The Kier molecular flexibility index (Phi) is 4.45. The number of carbonyl (C=O) groups excluding carboxylic acids is 1. The van der Waals surface area contributed by atoms with E-state index in [9.17, 15) is 9.18 Å². The molecule has 0 aliphatic rings. The molecule has 0 unspecified atom stereocenters. The molecular formula is C13H7BrCl2FNO. The van der Waals surface area contributed by atoms with Crippen LogP contribution < -0.4 is 5.32 Å². The number of rotatable bonds is 2. The molecule has 98 valence electrons. The van der Waals surface area contributed by atoms with Crippen LogP contribution in [-0.2, 0) is 0 Å². The van der Waals surface area contributed by atoms with Gasteiger partial charge < -0.3 is 5.32 Å². The van der Waals surface area contributed by atoms with Gasteiger partial charge in [0.25, 0.3) is 5.91 Å². The third-order valence-corrected chi connectivity index (χ3v) is 3.68. The molecule has 0 bridgehead atoms. The van der Waals surface area contributed by atoms with Crippen molar-refractivity contribution in [1.82, 2.24) is 0 Å². The summed E-state index contributed by atoms with van der Waals surface area (Å²) in [5.41, 5.74) is 0.254. The molecule has 0 heterocycles. The summed E-state index contributed by atoms with van der Waals surface area (Å²) in [6.45, 7) is 0. The second-order valence-corrected chi connectivity index (χ2v) is 5.38. The first-order valence-corrected chi connectivity index (χ1v) is 6.74. The van der Waals surface area contributed by atoms with E-state index in [0.717, 1.165) is 0 Å². The molecule has 19 heavy (non-hydrogen) atoms. The fourth-order valence-electron chi connectivity index (χ4n) is 1.46. The normalized spacial score (nSPS) is 10.3. The molecule has 0 aromatic heterocycles. The quantitative estimate of drug-likeness (QED) is 0.786. The van der Waals surface area contributed by atoms with Crippen molar-refractivity contribution in [2.75, 3.05) is 5.32 Å². The summed E-state index contributed by atoms with van der Waals surface area (Å²) in [6, 6.07) is 8.93. The molecule has 0 spiro atoms. The number of halogens is 4. The SMILES string of the molecule is O=C(Nc1cccc(Cl)c1Cl)c1cc(Br)ccc1F. The smallest absolute Gasteiger partial charge is 0.258 e. The number of hydrogen-bond donors (Lipinski definition) is 1. The summed E-state index contributed by atoms with van der Waals surface area (Å²) in [7, 11) is 0. The fourth-order valence-corrected chi connectivity index (χ4v) is 2.17. The Morgan fingerprint density at radius 1 is 1.21 bits per heavy atom. The molecule has 2 aromatic rings. The summed E-state index contributed by atoms with van der Waals surface area (Å²) in [4.78, 5) is 12.0. The Hall–Kier alpha value is -1.10. The van der Waals surface area contributed by atoms with Gasteiger partial charge in [0.15, 0.2) is 0 Å². The fraction of sp³-hybridized carbons (Fsp3) is 0. The highest BCUT2D eigenvalue weighted by Gasteiger charge is 2.14. The maximum atomic E-state index is 13.6. The van der Waals surface area contributed by atoms with Gasteiger partial charge in [0.2, 0.25) is 0 Å². The molecule has 0 aliphatic carbocycles. The van der Waals surface area contributed by atoms with Gasteiger partial charge in [-0.15, -0.1) is 0 Å². The lowest BCUT2D eigenvalue weighted by Crippen LogP contribution is -2.14. The number of nitrogens with one attached hydrogen (secondary N) is 1. The maximum absolute atomic E-state index is 13.6. The van der Waals surface area contributed by atoms with Crippen LogP contribution in [0.15, 0.2) is 40.9 Å². The average Bonchev–Trinajstić information content (AvgIpc) is 2.38. The molecule has 0 saturated carbocycles. The molecular weight excluding hydrogens is 356 g/mol. The van der Waals surface area contributed by atoms with Gasteiger partial charge in [-0.1, -0.05) is 45.2 Å². The zero-order chi connectivity index (χ0) is 14.0. The monoisotopic (exact) mass is 361 g/mol. The standard InChI is InChI=1S/C13H7BrCl2FNO/c14-7-4-5-10(17)8(6-7)13(19)18-11-3-1-2-9(15)12(11)16/h1-6H,(H,18,19). The second-order valence-electron chi connectivity index (χ2n) is 3.68. The van der Waals surface area contributed by atoms with E-state index in [1.165, 1.54) is 18.2 Å². The number of hydrogen-bond acceptors (Lipinski definition) is 1. The van der Waals surface area contributed by atoms with Crippen LogP contribution in [-0.4, -0.2) is 5.91 Å². The molecule has 0 aliphatic heterocycles. The maximum Gasteiger partial charge on any atom is 0.258 e. The van der Waals surface area contributed by atoms with E-state index in [-0.39, 0.29) is 10.6 Å². The van der Waals surface area contributed by atoms with Crippen molar-refractivity contribution in [3.63, 3.8) is 0 Å². The zero-order valence-corrected chi connectivity index (χ0v) is 12.5. The topological polar surface area (TPSA) is 29.1 Å². The number of amides is 1. The minimum Gasteiger partial charge on any atom is -0.320 e. The van der Waals surface area contributed by atoms with Gasteiger partial charge in [-0.05, 0) is 30.3 Å². The van der Waals surface area contributed by atoms with Crippen LogP contribution in [0.4, 0.5) is 10.1 Å². The van der Waals surface area contributed by atoms with Crippen molar-refractivity contribution in [2.24, 2.45) is 0 Å². The Morgan fingerprint density at radius 3 is 2.68 bits per heavy atom. The third kappa shape index (κ3) is 3.26. The van der Waals surface area contributed by atoms with E-state index in [4.69, 9.17) is 23.2 Å². The minimum absolute atomic E-state index is 0.0783. The summed E-state index contributed by atoms with van der Waals surface area (Å²) in [6.07, 6.45) is 0. The zero-order valence-electron chi connectivity index (χ0n) is 9.38. The molecule has 1 amide bonds. The van der Waals surface area contributed by atoms with E-state index in [1.54, 1.807) is 18.2 Å². The largest absolute Gasteiger partial charge is 0.320 e. The first kappa shape index (κ1) is 14.3. The number of anilines is 1. The Bertz CT molecular complexity index is 649. The summed E-state index contributed by atoms with van der Waals surface area (Å²) in [5, 5.41) is 3.05. The molecule has 0 saturated heterocycles. The van der Waals surface area contributed by atoms with Gasteiger partial charge in [0.1, 0.15) is 5.82 Å². The molecule has 2 rings (SSSR count). The molecule has 0 atom stereocenters. The second kappa shape index (κ2) is 5.90. The lowest BCUT2D eigenvalue weighted by molar-refractivity contribution is 0.102. The van der Waals surface area contributed by atoms with Crippen molar-refractivity contribution in [3.05, 3.63) is 62.3 Å². The molecule has 2 nitrogen and oxygen atoms in total. The molecule has 2 aromatic carbocycles. The number of benzene rings is 2. The first-order valence-electron chi connectivity index (χ1n) is 5.19. The van der Waals surface area contributed by atoms with Gasteiger partial charge in [-0.2, -0.15) is 0 Å². The predicted octanol–water partition coefficient (Wildman–Crippen LogP) is 5.15. The minimum atomic E-state index is -0.612. The van der Waals surface area contributed by atoms with E-state index >= 15 is 0 Å². The van der Waals surface area contributed by atoms with Crippen LogP contribution >= 0.6 is 39.1 Å². The highest BCUT2D eigenvalue weighted by atomic mass is 79.9. The Balaban J connectivity index is 2.31. The van der Waals surface area contributed by atoms with E-state index < -0.39 is 11.7 Å². The Morgan fingerprint density at radius 2 is 1.95 bits per heavy atom. The Labute approximate surface area is 127 Å². The number of carbonyl (C=O) groups is 1. The summed E-state index contributed by atoms with van der Waals surface area (Å²) in [5.74, 6) is -1.21. The highest BCUT2D eigenvalue weighted by Crippen LogP contribution is 2.30. The van der Waals surface area contributed by atoms with Crippen LogP contribution in [0.2, 0.25) is 10.0 Å². The van der Waals surface area contributed by atoms with Gasteiger partial charge in [0.05, 0.1) is 21.3 Å². The van der Waals surface area contributed by atoms with E-state index in [0.29, 0.717) is 15.2 Å². The summed E-state index contributed by atoms with van der Waals surface area (Å²) < 4.78 is 14.2. The molecule has 1 N–H and O–H groups in total. The van der Waals surface area contributed by atoms with Crippen molar-refractivity contribution in [1.29, 1.82) is 0 Å². The predicted molar refractivity (Wildman–Crippen MR) is 78.5 cm³/mol. The molecule has 0 radical (unpaired) electrons. The van der Waals surface area contributed by atoms with Crippen LogP contribution in [0.5, 0.6) is 0 Å². The average molecular weight is 363 g/mol. The van der Waals surface area contributed by atoms with Gasteiger partial charge in [0, 0.05) is 4.47 Å². The van der Waals surface area contributed by atoms with Gasteiger partial charge >= 0.3 is 0 Å². The van der Waals surface area contributed by atoms with E-state index in [2.05, 4.69) is 21.2 Å². The van der Waals surface area contributed by atoms with Gasteiger partial charge in [-0.3, -0.25) is 4.79 Å². The highest BCUT2D eigenvalue weighted by molar-refractivity contribution is 9.10. The van der Waals surface area contributed by atoms with Gasteiger partial charge in [-0.25, -0.2) is 4.39 Å². The van der Waals surface area contributed by atoms with Crippen LogP contribution in [0.25, 0.3) is 0 Å². The van der Waals surface area contributed by atoms with Crippen molar-refractivity contribution in [2.45, 2.75) is 0 Å². The lowest BCUT2D eigenvalue weighted by Gasteiger charge is -2.09. The molecule has 6 heteroatoms. The van der Waals surface area contributed by atoms with Crippen LogP contribution in [0, 0.1) is 5.82 Å². The van der Waals surface area contributed by atoms with Crippen molar-refractivity contribution in [3.8, 4) is 0 Å². The van der Waals surface area contributed by atoms with Crippen molar-refractivity contribution < 1.29 is 9.18 Å².